The van der Waals surface area contributed by atoms with Gasteiger partial charge in [-0.3, -0.25) is 9.78 Å². The van der Waals surface area contributed by atoms with Crippen molar-refractivity contribution in [2.24, 2.45) is 0 Å². The van der Waals surface area contributed by atoms with Crippen molar-refractivity contribution in [3.05, 3.63) is 83.4 Å². The molecule has 1 aliphatic heterocycles. The number of benzene rings is 1. The number of hydrogen-bond acceptors (Lipinski definition) is 3. The quantitative estimate of drug-likeness (QED) is 0.565. The van der Waals surface area contributed by atoms with E-state index in [1.807, 2.05) is 67.3 Å². The van der Waals surface area contributed by atoms with Crippen LogP contribution in [0.1, 0.15) is 34.7 Å². The fourth-order valence-electron chi connectivity index (χ4n) is 3.84. The van der Waals surface area contributed by atoms with Crippen LogP contribution >= 0.6 is 12.2 Å². The lowest BCUT2D eigenvalue weighted by Crippen LogP contribution is -2.37. The summed E-state index contributed by atoms with van der Waals surface area (Å²) in [6, 6.07) is 17.1. The number of para-hydroxylation sites is 1. The number of thiocarbonyl (C=S) groups is 1. The highest BCUT2D eigenvalue weighted by Crippen LogP contribution is 2.39. The zero-order valence-electron chi connectivity index (χ0n) is 16.3. The number of aryl methyl sites for hydroxylation is 2. The van der Waals surface area contributed by atoms with E-state index in [1.165, 1.54) is 0 Å². The topological polar surface area (TPSA) is 73.1 Å². The van der Waals surface area contributed by atoms with Gasteiger partial charge in [0.15, 0.2) is 5.11 Å². The second-order valence-corrected chi connectivity index (χ2v) is 7.59. The highest BCUT2D eigenvalue weighted by atomic mass is 32.1. The summed E-state index contributed by atoms with van der Waals surface area (Å²) in [5, 5.41) is 6.87. The van der Waals surface area contributed by atoms with E-state index in [1.54, 1.807) is 6.20 Å². The molecule has 0 spiro atoms. The molecule has 29 heavy (non-hydrogen) atoms. The van der Waals surface area contributed by atoms with Gasteiger partial charge in [-0.15, -0.1) is 0 Å². The summed E-state index contributed by atoms with van der Waals surface area (Å²) < 4.78 is 0. The van der Waals surface area contributed by atoms with Crippen molar-refractivity contribution in [1.82, 2.24) is 20.2 Å². The second kappa shape index (κ2) is 8.05. The Bertz CT molecular complexity index is 1020. The third-order valence-corrected chi connectivity index (χ3v) is 5.43. The molecule has 0 bridgehead atoms. The molecule has 1 saturated heterocycles. The number of carbonyl (C=O) groups is 1. The van der Waals surface area contributed by atoms with Crippen LogP contribution in [0.25, 0.3) is 0 Å². The smallest absolute Gasteiger partial charge is 0.244 e. The number of amides is 1. The molecule has 1 fully saturated rings. The predicted molar refractivity (Wildman–Crippen MR) is 117 cm³/mol. The summed E-state index contributed by atoms with van der Waals surface area (Å²) in [6.07, 6.45) is 1.77. The molecule has 2 atom stereocenters. The van der Waals surface area contributed by atoms with E-state index in [-0.39, 0.29) is 24.5 Å². The first-order valence-electron chi connectivity index (χ1n) is 9.52. The normalized spacial score (nSPS) is 18.6. The Morgan fingerprint density at radius 3 is 2.59 bits per heavy atom. The van der Waals surface area contributed by atoms with Crippen LogP contribution in [0.3, 0.4) is 0 Å². The van der Waals surface area contributed by atoms with Gasteiger partial charge in [0.25, 0.3) is 0 Å². The predicted octanol–water partition coefficient (Wildman–Crippen LogP) is 3.64. The van der Waals surface area contributed by atoms with Gasteiger partial charge < -0.3 is 20.5 Å². The minimum Gasteiger partial charge on any atom is -0.362 e. The van der Waals surface area contributed by atoms with E-state index in [0.717, 1.165) is 28.3 Å². The van der Waals surface area contributed by atoms with Gasteiger partial charge >= 0.3 is 0 Å². The molecule has 1 amide bonds. The largest absolute Gasteiger partial charge is 0.362 e. The number of pyridine rings is 1. The van der Waals surface area contributed by atoms with Gasteiger partial charge in [0.05, 0.1) is 17.8 Å². The third-order valence-electron chi connectivity index (χ3n) is 5.08. The summed E-state index contributed by atoms with van der Waals surface area (Å²) in [5.41, 5.74) is 4.90. The lowest BCUT2D eigenvalue weighted by atomic mass is 9.97. The Morgan fingerprint density at radius 1 is 1.17 bits per heavy atom. The molecule has 1 aromatic carbocycles. The van der Waals surface area contributed by atoms with Crippen molar-refractivity contribution in [3.8, 4) is 0 Å². The zero-order chi connectivity index (χ0) is 20.4. The van der Waals surface area contributed by atoms with Gasteiger partial charge in [-0.1, -0.05) is 24.3 Å². The number of anilines is 1. The first-order chi connectivity index (χ1) is 14.0. The number of H-pyrrole nitrogens is 1. The minimum atomic E-state index is -0.137. The Hall–Kier alpha value is -3.19. The molecule has 1 aliphatic rings. The fourth-order valence-corrected chi connectivity index (χ4v) is 4.15. The Balaban J connectivity index is 1.64. The molecule has 3 aromatic rings. The van der Waals surface area contributed by atoms with Gasteiger partial charge in [-0.2, -0.15) is 0 Å². The van der Waals surface area contributed by atoms with Crippen LogP contribution in [-0.2, 0) is 4.79 Å². The first kappa shape index (κ1) is 19.1. The Labute approximate surface area is 175 Å². The molecule has 0 saturated carbocycles. The lowest BCUT2D eigenvalue weighted by Gasteiger charge is -2.27. The van der Waals surface area contributed by atoms with Gasteiger partial charge in [-0.05, 0) is 62.0 Å². The standard InChI is InChI=1S/C22H23N5OS/c1-14-12-17(15(2)24-14)21-20(18-10-6-7-11-23-18)26-22(29)27(21)13-19(28)25-16-8-4-3-5-9-16/h3-12,20-21,24H,13H2,1-2H3,(H,25,28)(H,26,29)/t20-,21-/m1/s1. The monoisotopic (exact) mass is 405 g/mol. The molecular weight excluding hydrogens is 382 g/mol. The van der Waals surface area contributed by atoms with Gasteiger partial charge in [0, 0.05) is 23.3 Å². The number of carbonyl (C=O) groups excluding carboxylic acids is 1. The summed E-state index contributed by atoms with van der Waals surface area (Å²) in [7, 11) is 0. The van der Waals surface area contributed by atoms with Crippen molar-refractivity contribution >= 4 is 28.9 Å². The third kappa shape index (κ3) is 4.00. The molecule has 7 heteroatoms. The number of nitrogens with zero attached hydrogens (tertiary/aromatic N) is 2. The average molecular weight is 406 g/mol. The average Bonchev–Trinajstić information content (AvgIpc) is 3.21. The van der Waals surface area contributed by atoms with Crippen molar-refractivity contribution in [1.29, 1.82) is 0 Å². The molecule has 0 unspecified atom stereocenters. The number of nitrogens with one attached hydrogen (secondary N) is 3. The van der Waals surface area contributed by atoms with Gasteiger partial charge in [-0.25, -0.2) is 0 Å². The van der Waals surface area contributed by atoms with Crippen LogP contribution in [0.5, 0.6) is 0 Å². The highest BCUT2D eigenvalue weighted by molar-refractivity contribution is 7.80. The van der Waals surface area contributed by atoms with Crippen LogP contribution in [0.2, 0.25) is 0 Å². The molecule has 6 nitrogen and oxygen atoms in total. The van der Waals surface area contributed by atoms with Crippen molar-refractivity contribution in [2.75, 3.05) is 11.9 Å². The van der Waals surface area contributed by atoms with Crippen LogP contribution in [0, 0.1) is 13.8 Å². The van der Waals surface area contributed by atoms with Crippen molar-refractivity contribution < 1.29 is 4.79 Å². The summed E-state index contributed by atoms with van der Waals surface area (Å²) in [4.78, 5) is 22.6. The van der Waals surface area contributed by atoms with Gasteiger partial charge in [0.2, 0.25) is 5.91 Å². The molecular formula is C22H23N5OS. The lowest BCUT2D eigenvalue weighted by molar-refractivity contribution is -0.116. The SMILES string of the molecule is Cc1cc([C@@H]2[C@@H](c3ccccn3)NC(=S)N2CC(=O)Nc2ccccc2)c(C)[nH]1. The highest BCUT2D eigenvalue weighted by Gasteiger charge is 2.41. The number of rotatable bonds is 5. The maximum Gasteiger partial charge on any atom is 0.244 e. The fraction of sp³-hybridized carbons (Fsp3) is 0.227. The summed E-state index contributed by atoms with van der Waals surface area (Å²) >= 11 is 5.62. The second-order valence-electron chi connectivity index (χ2n) is 7.20. The Morgan fingerprint density at radius 2 is 1.93 bits per heavy atom. The van der Waals surface area contributed by atoms with Crippen LogP contribution in [0.4, 0.5) is 5.69 Å². The van der Waals surface area contributed by atoms with E-state index < -0.39 is 0 Å². The maximum absolute atomic E-state index is 12.8. The van der Waals surface area contributed by atoms with E-state index in [2.05, 4.69) is 26.7 Å². The minimum absolute atomic E-state index is 0.114. The van der Waals surface area contributed by atoms with Crippen LogP contribution in [0.15, 0.2) is 60.8 Å². The molecule has 4 rings (SSSR count). The van der Waals surface area contributed by atoms with Crippen molar-refractivity contribution in [2.45, 2.75) is 25.9 Å². The van der Waals surface area contributed by atoms with E-state index in [4.69, 9.17) is 12.2 Å². The Kier molecular flexibility index (Phi) is 5.31. The molecule has 148 valence electrons. The molecule has 2 aromatic heterocycles. The van der Waals surface area contributed by atoms with Gasteiger partial charge in [0.1, 0.15) is 6.54 Å². The number of hydrogen-bond donors (Lipinski definition) is 3. The zero-order valence-corrected chi connectivity index (χ0v) is 17.2. The molecule has 3 heterocycles. The van der Waals surface area contributed by atoms with E-state index in [9.17, 15) is 4.79 Å². The van der Waals surface area contributed by atoms with Crippen LogP contribution < -0.4 is 10.6 Å². The maximum atomic E-state index is 12.8. The number of aromatic amines is 1. The molecule has 0 aliphatic carbocycles. The number of aromatic nitrogens is 2. The summed E-state index contributed by atoms with van der Waals surface area (Å²) in [5.74, 6) is -0.114. The first-order valence-corrected chi connectivity index (χ1v) is 9.93. The van der Waals surface area contributed by atoms with Crippen LogP contribution in [-0.4, -0.2) is 32.4 Å². The van der Waals surface area contributed by atoms with Crippen molar-refractivity contribution in [3.63, 3.8) is 0 Å². The molecule has 0 radical (unpaired) electrons. The van der Waals surface area contributed by atoms with E-state index in [0.29, 0.717) is 5.11 Å². The summed E-state index contributed by atoms with van der Waals surface area (Å²) in [6.45, 7) is 4.22. The van der Waals surface area contributed by atoms with E-state index >= 15 is 0 Å². The molecule has 3 N–H and O–H groups in total.